The van der Waals surface area contributed by atoms with Crippen molar-refractivity contribution in [3.05, 3.63) is 35.9 Å². The van der Waals surface area contributed by atoms with Crippen LogP contribution < -0.4 is 5.90 Å². The van der Waals surface area contributed by atoms with Crippen LogP contribution in [-0.4, -0.2) is 12.4 Å². The molecule has 0 aliphatic heterocycles. The second kappa shape index (κ2) is 5.71. The number of benzene rings is 1. The van der Waals surface area contributed by atoms with Crippen LogP contribution >= 0.6 is 12.4 Å². The van der Waals surface area contributed by atoms with E-state index in [0.29, 0.717) is 5.56 Å². The highest BCUT2D eigenvalue weighted by Crippen LogP contribution is 1.98. The summed E-state index contributed by atoms with van der Waals surface area (Å²) in [6.07, 6.45) is 0. The van der Waals surface area contributed by atoms with Gasteiger partial charge in [-0.15, -0.1) is 12.4 Å². The highest BCUT2D eigenvalue weighted by Gasteiger charge is 2.02. The largest absolute Gasteiger partial charge is 0.296 e. The summed E-state index contributed by atoms with van der Waals surface area (Å²) in [5, 5.41) is 0. The van der Waals surface area contributed by atoms with Gasteiger partial charge in [0.1, 0.15) is 6.61 Å². The standard InChI is InChI=1S/C8H9NO2.ClH/c9-11-6-8(10)7-4-2-1-3-5-7;/h1-5H,6,9H2;1H. The first kappa shape index (κ1) is 11.1. The van der Waals surface area contributed by atoms with Crippen molar-refractivity contribution in [3.63, 3.8) is 0 Å². The van der Waals surface area contributed by atoms with Gasteiger partial charge in [-0.05, 0) is 0 Å². The number of hydrogen-bond acceptors (Lipinski definition) is 3. The Bertz CT molecular complexity index is 238. The monoisotopic (exact) mass is 187 g/mol. The summed E-state index contributed by atoms with van der Waals surface area (Å²) < 4.78 is 0. The van der Waals surface area contributed by atoms with Gasteiger partial charge in [0.05, 0.1) is 0 Å². The Morgan fingerprint density at radius 2 is 1.92 bits per heavy atom. The average molecular weight is 188 g/mol. The van der Waals surface area contributed by atoms with Gasteiger partial charge in [0, 0.05) is 5.56 Å². The fourth-order valence-corrected chi connectivity index (χ4v) is 0.783. The van der Waals surface area contributed by atoms with E-state index in [0.717, 1.165) is 0 Å². The predicted octanol–water partition coefficient (Wildman–Crippen LogP) is 1.18. The van der Waals surface area contributed by atoms with E-state index in [-0.39, 0.29) is 24.8 Å². The van der Waals surface area contributed by atoms with Crippen molar-refractivity contribution in [1.29, 1.82) is 0 Å². The number of carbonyl (C=O) groups is 1. The Kier molecular flexibility index (Phi) is 5.28. The summed E-state index contributed by atoms with van der Waals surface area (Å²) in [4.78, 5) is 15.2. The van der Waals surface area contributed by atoms with Gasteiger partial charge in [-0.2, -0.15) is 0 Å². The number of halogens is 1. The molecule has 3 nitrogen and oxygen atoms in total. The Morgan fingerprint density at radius 3 is 2.42 bits per heavy atom. The quantitative estimate of drug-likeness (QED) is 0.571. The van der Waals surface area contributed by atoms with Crippen LogP contribution in [0.3, 0.4) is 0 Å². The molecule has 1 rings (SSSR count). The van der Waals surface area contributed by atoms with Gasteiger partial charge in [-0.3, -0.25) is 9.63 Å². The van der Waals surface area contributed by atoms with E-state index in [1.54, 1.807) is 24.3 Å². The van der Waals surface area contributed by atoms with E-state index < -0.39 is 0 Å². The maximum atomic E-state index is 11.0. The Labute approximate surface area is 76.9 Å². The summed E-state index contributed by atoms with van der Waals surface area (Å²) in [5.74, 6) is 4.64. The SMILES string of the molecule is Cl.NOCC(=O)c1ccccc1. The molecule has 2 N–H and O–H groups in total. The molecule has 0 aliphatic rings. The zero-order valence-corrected chi connectivity index (χ0v) is 7.21. The maximum absolute atomic E-state index is 11.0. The van der Waals surface area contributed by atoms with Gasteiger partial charge in [-0.1, -0.05) is 30.3 Å². The van der Waals surface area contributed by atoms with Gasteiger partial charge in [0.2, 0.25) is 0 Å². The van der Waals surface area contributed by atoms with E-state index in [2.05, 4.69) is 4.84 Å². The molecule has 1 aromatic carbocycles. The molecule has 4 heteroatoms. The van der Waals surface area contributed by atoms with Crippen molar-refractivity contribution in [2.24, 2.45) is 5.90 Å². The summed E-state index contributed by atoms with van der Waals surface area (Å²) in [7, 11) is 0. The third-order valence-electron chi connectivity index (χ3n) is 1.31. The number of nitrogens with two attached hydrogens (primary N) is 1. The average Bonchev–Trinajstić information content (AvgIpc) is 2.07. The molecule has 0 atom stereocenters. The molecule has 0 unspecified atom stereocenters. The number of ketones is 1. The minimum Gasteiger partial charge on any atom is -0.296 e. The molecular formula is C8H10ClNO2. The molecule has 0 bridgehead atoms. The molecule has 0 aliphatic carbocycles. The van der Waals surface area contributed by atoms with Crippen LogP contribution in [0.2, 0.25) is 0 Å². The molecule has 0 amide bonds. The first-order valence-electron chi connectivity index (χ1n) is 3.24. The molecule has 0 saturated carbocycles. The molecule has 0 aromatic heterocycles. The van der Waals surface area contributed by atoms with Crippen LogP contribution in [0.15, 0.2) is 30.3 Å². The third kappa shape index (κ3) is 3.00. The lowest BCUT2D eigenvalue weighted by molar-refractivity contribution is 0.0763. The minimum absolute atomic E-state index is 0. The normalized spacial score (nSPS) is 8.75. The van der Waals surface area contributed by atoms with Crippen molar-refractivity contribution in [2.45, 2.75) is 0 Å². The van der Waals surface area contributed by atoms with E-state index in [1.165, 1.54) is 0 Å². The van der Waals surface area contributed by atoms with Crippen LogP contribution in [0.25, 0.3) is 0 Å². The molecule has 0 radical (unpaired) electrons. The van der Waals surface area contributed by atoms with E-state index in [1.807, 2.05) is 6.07 Å². The van der Waals surface area contributed by atoms with Gasteiger partial charge in [0.25, 0.3) is 0 Å². The third-order valence-corrected chi connectivity index (χ3v) is 1.31. The van der Waals surface area contributed by atoms with E-state index in [4.69, 9.17) is 5.90 Å². The molecular weight excluding hydrogens is 178 g/mol. The lowest BCUT2D eigenvalue weighted by atomic mass is 10.1. The zero-order chi connectivity index (χ0) is 8.10. The Morgan fingerprint density at radius 1 is 1.33 bits per heavy atom. The van der Waals surface area contributed by atoms with Crippen molar-refractivity contribution < 1.29 is 9.63 Å². The summed E-state index contributed by atoms with van der Waals surface area (Å²) in [6, 6.07) is 8.89. The molecule has 66 valence electrons. The molecule has 0 saturated heterocycles. The molecule has 12 heavy (non-hydrogen) atoms. The van der Waals surface area contributed by atoms with Crippen LogP contribution in [0.5, 0.6) is 0 Å². The molecule has 0 fully saturated rings. The summed E-state index contributed by atoms with van der Waals surface area (Å²) in [5.41, 5.74) is 0.623. The number of hydrogen-bond donors (Lipinski definition) is 1. The lowest BCUT2D eigenvalue weighted by Gasteiger charge is -1.96. The number of rotatable bonds is 3. The van der Waals surface area contributed by atoms with Crippen molar-refractivity contribution in [2.75, 3.05) is 6.61 Å². The maximum Gasteiger partial charge on any atom is 0.190 e. The highest BCUT2D eigenvalue weighted by molar-refractivity contribution is 5.96. The first-order chi connectivity index (χ1) is 5.34. The number of carbonyl (C=O) groups excluding carboxylic acids is 1. The second-order valence-electron chi connectivity index (χ2n) is 2.10. The molecule has 0 spiro atoms. The Hall–Kier alpha value is -0.900. The summed E-state index contributed by atoms with van der Waals surface area (Å²) in [6.45, 7) is -0.0655. The summed E-state index contributed by atoms with van der Waals surface area (Å²) >= 11 is 0. The second-order valence-corrected chi connectivity index (χ2v) is 2.10. The molecule has 1 aromatic rings. The van der Waals surface area contributed by atoms with Crippen molar-refractivity contribution in [1.82, 2.24) is 0 Å². The van der Waals surface area contributed by atoms with Crippen molar-refractivity contribution >= 4 is 18.2 Å². The van der Waals surface area contributed by atoms with Crippen LogP contribution in [-0.2, 0) is 4.84 Å². The topological polar surface area (TPSA) is 52.3 Å². The van der Waals surface area contributed by atoms with Gasteiger partial charge >= 0.3 is 0 Å². The smallest absolute Gasteiger partial charge is 0.190 e. The van der Waals surface area contributed by atoms with Crippen molar-refractivity contribution in [3.8, 4) is 0 Å². The van der Waals surface area contributed by atoms with E-state index >= 15 is 0 Å². The lowest BCUT2D eigenvalue weighted by Crippen LogP contribution is -2.12. The van der Waals surface area contributed by atoms with Gasteiger partial charge in [0.15, 0.2) is 5.78 Å². The fourth-order valence-electron chi connectivity index (χ4n) is 0.783. The minimum atomic E-state index is -0.104. The van der Waals surface area contributed by atoms with Crippen LogP contribution in [0.1, 0.15) is 10.4 Å². The Balaban J connectivity index is 0.00000121. The first-order valence-corrected chi connectivity index (χ1v) is 3.24. The highest BCUT2D eigenvalue weighted by atomic mass is 35.5. The van der Waals surface area contributed by atoms with Crippen LogP contribution in [0, 0.1) is 0 Å². The fraction of sp³-hybridized carbons (Fsp3) is 0.125. The van der Waals surface area contributed by atoms with Gasteiger partial charge in [-0.25, -0.2) is 5.90 Å². The van der Waals surface area contributed by atoms with Crippen LogP contribution in [0.4, 0.5) is 0 Å². The predicted molar refractivity (Wildman–Crippen MR) is 48.2 cm³/mol. The number of Topliss-reactive ketones (excluding diaryl/α,β-unsaturated/α-hetero) is 1. The molecule has 0 heterocycles. The van der Waals surface area contributed by atoms with E-state index in [9.17, 15) is 4.79 Å². The van der Waals surface area contributed by atoms with Gasteiger partial charge < -0.3 is 0 Å². The zero-order valence-electron chi connectivity index (χ0n) is 6.40.